The van der Waals surface area contributed by atoms with Gasteiger partial charge in [-0.2, -0.15) is 0 Å². The topological polar surface area (TPSA) is 16.1 Å². The van der Waals surface area contributed by atoms with Gasteiger partial charge in [-0.15, -0.1) is 0 Å². The number of hydrogen-bond acceptors (Lipinski definition) is 2. The van der Waals surface area contributed by atoms with Crippen molar-refractivity contribution in [2.45, 2.75) is 26.2 Å². The number of halogens is 2. The molecule has 16 heavy (non-hydrogen) atoms. The maximum Gasteiger partial charge on any atom is 0.166 e. The zero-order chi connectivity index (χ0) is 11.5. The van der Waals surface area contributed by atoms with Crippen LogP contribution < -0.4 is 4.90 Å². The zero-order valence-corrected chi connectivity index (χ0v) is 11.0. The molecule has 1 aliphatic rings. The third-order valence-corrected chi connectivity index (χ3v) is 3.50. The second-order valence-electron chi connectivity index (χ2n) is 4.35. The molecule has 0 bridgehead atoms. The van der Waals surface area contributed by atoms with Crippen LogP contribution in [0, 0.1) is 11.7 Å². The quantitative estimate of drug-likeness (QED) is 0.844. The minimum absolute atomic E-state index is 0.230. The number of anilines is 1. The molecule has 0 aromatic carbocycles. The molecule has 1 unspecified atom stereocenters. The van der Waals surface area contributed by atoms with Gasteiger partial charge in [-0.3, -0.25) is 0 Å². The standard InChI is InChI=1S/C12H16BrFN2/c1-2-3-9-4-5-16(8-9)12-11(14)6-10(13)7-15-12/h6-7,9H,2-5,8H2,1H3. The highest BCUT2D eigenvalue weighted by atomic mass is 79.9. The Morgan fingerprint density at radius 3 is 3.12 bits per heavy atom. The van der Waals surface area contributed by atoms with Crippen LogP contribution in [0.25, 0.3) is 0 Å². The number of nitrogens with zero attached hydrogens (tertiary/aromatic N) is 2. The van der Waals surface area contributed by atoms with Crippen molar-refractivity contribution in [2.75, 3.05) is 18.0 Å². The Labute approximate surface area is 104 Å². The van der Waals surface area contributed by atoms with Crippen LogP contribution in [0.3, 0.4) is 0 Å². The fourth-order valence-electron chi connectivity index (χ4n) is 2.31. The molecule has 0 aliphatic carbocycles. The van der Waals surface area contributed by atoms with Gasteiger partial charge >= 0.3 is 0 Å². The molecule has 1 saturated heterocycles. The van der Waals surface area contributed by atoms with Gasteiger partial charge in [-0.05, 0) is 40.8 Å². The number of rotatable bonds is 3. The third-order valence-electron chi connectivity index (χ3n) is 3.07. The predicted molar refractivity (Wildman–Crippen MR) is 67.1 cm³/mol. The molecule has 0 radical (unpaired) electrons. The zero-order valence-electron chi connectivity index (χ0n) is 9.42. The Morgan fingerprint density at radius 1 is 1.62 bits per heavy atom. The third kappa shape index (κ3) is 2.54. The predicted octanol–water partition coefficient (Wildman–Crippen LogP) is 3.61. The van der Waals surface area contributed by atoms with Gasteiger partial charge in [0.05, 0.1) is 0 Å². The first-order valence-corrected chi connectivity index (χ1v) is 6.56. The van der Waals surface area contributed by atoms with Gasteiger partial charge in [-0.25, -0.2) is 9.37 Å². The Bertz CT molecular complexity index is 370. The van der Waals surface area contributed by atoms with Gasteiger partial charge < -0.3 is 4.90 Å². The van der Waals surface area contributed by atoms with Crippen LogP contribution in [0.1, 0.15) is 26.2 Å². The molecule has 1 aromatic heterocycles. The van der Waals surface area contributed by atoms with Crippen molar-refractivity contribution in [1.29, 1.82) is 0 Å². The normalized spacial score (nSPS) is 20.4. The van der Waals surface area contributed by atoms with Crippen molar-refractivity contribution in [1.82, 2.24) is 4.98 Å². The second kappa shape index (κ2) is 5.13. The van der Waals surface area contributed by atoms with Crippen LogP contribution in [0.2, 0.25) is 0 Å². The molecule has 2 rings (SSSR count). The average molecular weight is 287 g/mol. The summed E-state index contributed by atoms with van der Waals surface area (Å²) in [5.41, 5.74) is 0. The van der Waals surface area contributed by atoms with E-state index in [-0.39, 0.29) is 5.82 Å². The molecule has 1 aromatic rings. The van der Waals surface area contributed by atoms with E-state index in [0.29, 0.717) is 16.2 Å². The highest BCUT2D eigenvalue weighted by Crippen LogP contribution is 2.27. The van der Waals surface area contributed by atoms with Gasteiger partial charge in [-0.1, -0.05) is 13.3 Å². The first-order valence-electron chi connectivity index (χ1n) is 5.76. The molecule has 2 heterocycles. The van der Waals surface area contributed by atoms with Crippen LogP contribution in [0.15, 0.2) is 16.7 Å². The van der Waals surface area contributed by atoms with E-state index < -0.39 is 0 Å². The van der Waals surface area contributed by atoms with E-state index in [4.69, 9.17) is 0 Å². The largest absolute Gasteiger partial charge is 0.354 e. The Morgan fingerprint density at radius 2 is 2.44 bits per heavy atom. The minimum atomic E-state index is -0.230. The van der Waals surface area contributed by atoms with Crippen molar-refractivity contribution in [3.63, 3.8) is 0 Å². The van der Waals surface area contributed by atoms with Gasteiger partial charge in [0.1, 0.15) is 0 Å². The van der Waals surface area contributed by atoms with Crippen molar-refractivity contribution in [3.8, 4) is 0 Å². The van der Waals surface area contributed by atoms with Gasteiger partial charge in [0.15, 0.2) is 11.6 Å². The molecule has 0 N–H and O–H groups in total. The van der Waals surface area contributed by atoms with Crippen LogP contribution in [-0.2, 0) is 0 Å². The van der Waals surface area contributed by atoms with E-state index >= 15 is 0 Å². The summed E-state index contributed by atoms with van der Waals surface area (Å²) in [5.74, 6) is 0.975. The van der Waals surface area contributed by atoms with Gasteiger partial charge in [0.25, 0.3) is 0 Å². The fraction of sp³-hybridized carbons (Fsp3) is 0.583. The van der Waals surface area contributed by atoms with Gasteiger partial charge in [0.2, 0.25) is 0 Å². The minimum Gasteiger partial charge on any atom is -0.354 e. The fourth-order valence-corrected chi connectivity index (χ4v) is 2.61. The monoisotopic (exact) mass is 286 g/mol. The second-order valence-corrected chi connectivity index (χ2v) is 5.26. The molecular weight excluding hydrogens is 271 g/mol. The molecular formula is C12H16BrFN2. The number of aromatic nitrogens is 1. The molecule has 2 nitrogen and oxygen atoms in total. The lowest BCUT2D eigenvalue weighted by Crippen LogP contribution is -2.22. The maximum absolute atomic E-state index is 13.7. The molecule has 0 spiro atoms. The molecule has 1 aliphatic heterocycles. The molecule has 0 amide bonds. The smallest absolute Gasteiger partial charge is 0.166 e. The highest BCUT2D eigenvalue weighted by Gasteiger charge is 2.24. The summed E-state index contributed by atoms with van der Waals surface area (Å²) in [6.07, 6.45) is 5.25. The number of hydrogen-bond donors (Lipinski definition) is 0. The van der Waals surface area contributed by atoms with Crippen molar-refractivity contribution in [2.24, 2.45) is 5.92 Å². The Balaban J connectivity index is 2.08. The highest BCUT2D eigenvalue weighted by molar-refractivity contribution is 9.10. The molecule has 1 fully saturated rings. The lowest BCUT2D eigenvalue weighted by Gasteiger charge is -2.18. The summed E-state index contributed by atoms with van der Waals surface area (Å²) in [6, 6.07) is 1.48. The van der Waals surface area contributed by atoms with E-state index in [0.717, 1.165) is 19.5 Å². The SMILES string of the molecule is CCCC1CCN(c2ncc(Br)cc2F)C1. The van der Waals surface area contributed by atoms with Gasteiger partial charge in [0, 0.05) is 23.8 Å². The average Bonchev–Trinajstić information content (AvgIpc) is 2.67. The number of pyridine rings is 1. The summed E-state index contributed by atoms with van der Waals surface area (Å²) in [4.78, 5) is 6.22. The van der Waals surface area contributed by atoms with E-state index in [1.165, 1.54) is 18.9 Å². The van der Waals surface area contributed by atoms with E-state index in [9.17, 15) is 4.39 Å². The van der Waals surface area contributed by atoms with Crippen LogP contribution >= 0.6 is 15.9 Å². The first kappa shape index (κ1) is 11.8. The summed E-state index contributed by atoms with van der Waals surface area (Å²) < 4.78 is 14.4. The molecule has 0 saturated carbocycles. The molecule has 88 valence electrons. The summed E-state index contributed by atoms with van der Waals surface area (Å²) in [7, 11) is 0. The lowest BCUT2D eigenvalue weighted by molar-refractivity contribution is 0.528. The summed E-state index contributed by atoms with van der Waals surface area (Å²) >= 11 is 3.22. The van der Waals surface area contributed by atoms with Crippen LogP contribution in [0.5, 0.6) is 0 Å². The van der Waals surface area contributed by atoms with Crippen molar-refractivity contribution < 1.29 is 4.39 Å². The van der Waals surface area contributed by atoms with Crippen molar-refractivity contribution in [3.05, 3.63) is 22.6 Å². The maximum atomic E-state index is 13.7. The Kier molecular flexibility index (Phi) is 3.79. The van der Waals surface area contributed by atoms with Crippen molar-refractivity contribution >= 4 is 21.7 Å². The Hall–Kier alpha value is -0.640. The van der Waals surface area contributed by atoms with Crippen LogP contribution in [0.4, 0.5) is 10.2 Å². The molecule has 1 atom stereocenters. The summed E-state index contributed by atoms with van der Waals surface area (Å²) in [5, 5.41) is 0. The molecule has 4 heteroatoms. The van der Waals surface area contributed by atoms with Crippen LogP contribution in [-0.4, -0.2) is 18.1 Å². The van der Waals surface area contributed by atoms with E-state index in [2.05, 4.69) is 32.7 Å². The first-order chi connectivity index (χ1) is 7.70. The van der Waals surface area contributed by atoms with E-state index in [1.54, 1.807) is 6.20 Å². The van der Waals surface area contributed by atoms with E-state index in [1.807, 2.05) is 0 Å². The summed E-state index contributed by atoms with van der Waals surface area (Å²) in [6.45, 7) is 4.07. The lowest BCUT2D eigenvalue weighted by atomic mass is 10.0.